The molecule has 0 radical (unpaired) electrons. The van der Waals surface area contributed by atoms with Crippen molar-refractivity contribution in [3.8, 4) is 0 Å². The Morgan fingerprint density at radius 3 is 2.84 bits per heavy atom. The van der Waals surface area contributed by atoms with E-state index in [1.54, 1.807) is 13.8 Å². The fourth-order valence-electron chi connectivity index (χ4n) is 0.946. The molecule has 1 amide bonds. The summed E-state index contributed by atoms with van der Waals surface area (Å²) in [5, 5.41) is 16.7. The predicted molar refractivity (Wildman–Crippen MR) is 71.9 cm³/mol. The van der Waals surface area contributed by atoms with Crippen LogP contribution in [0.25, 0.3) is 0 Å². The summed E-state index contributed by atoms with van der Waals surface area (Å²) in [6, 6.07) is 0. The number of aromatic nitrogens is 1. The molecule has 104 valence electrons. The number of oxime groups is 1. The number of anilines is 1. The van der Waals surface area contributed by atoms with Crippen LogP contribution in [0.3, 0.4) is 0 Å². The molecule has 1 rings (SSSR count). The average molecular weight is 306 g/mol. The number of hydrogen-bond acceptors (Lipinski definition) is 6. The number of nitrogens with zero attached hydrogens (tertiary/aromatic N) is 2. The maximum atomic E-state index is 11.1. The minimum absolute atomic E-state index is 0.114. The molecule has 2 N–H and O–H groups in total. The summed E-state index contributed by atoms with van der Waals surface area (Å²) in [4.78, 5) is 30.9. The molecule has 7 nitrogen and oxygen atoms in total. The minimum atomic E-state index is -1.26. The SMILES string of the molecule is CC(C)O/N=C(\C(=O)O)c1csc(NC(=O)CCl)n1. The van der Waals surface area contributed by atoms with Gasteiger partial charge in [0.05, 0.1) is 0 Å². The van der Waals surface area contributed by atoms with Crippen LogP contribution in [0, 0.1) is 0 Å². The minimum Gasteiger partial charge on any atom is -0.476 e. The van der Waals surface area contributed by atoms with Crippen molar-refractivity contribution in [2.75, 3.05) is 11.2 Å². The maximum Gasteiger partial charge on any atom is 0.360 e. The van der Waals surface area contributed by atoms with Gasteiger partial charge in [0, 0.05) is 5.38 Å². The molecule has 0 aliphatic rings. The Bertz CT molecular complexity index is 501. The van der Waals surface area contributed by atoms with Gasteiger partial charge < -0.3 is 15.3 Å². The lowest BCUT2D eigenvalue weighted by atomic mass is 10.3. The molecular weight excluding hydrogens is 294 g/mol. The van der Waals surface area contributed by atoms with Gasteiger partial charge in [-0.25, -0.2) is 9.78 Å². The van der Waals surface area contributed by atoms with Crippen molar-refractivity contribution in [3.63, 3.8) is 0 Å². The largest absolute Gasteiger partial charge is 0.476 e. The Balaban J connectivity index is 2.89. The Morgan fingerprint density at radius 1 is 1.63 bits per heavy atom. The normalized spacial score (nSPS) is 11.5. The predicted octanol–water partition coefficient (Wildman–Crippen LogP) is 1.53. The number of alkyl halides is 1. The fourth-order valence-corrected chi connectivity index (χ4v) is 1.72. The highest BCUT2D eigenvalue weighted by Crippen LogP contribution is 2.16. The van der Waals surface area contributed by atoms with Crippen LogP contribution in [-0.4, -0.2) is 39.7 Å². The van der Waals surface area contributed by atoms with E-state index in [9.17, 15) is 9.59 Å². The number of halogens is 1. The number of carbonyl (C=O) groups excluding carboxylic acids is 1. The van der Waals surface area contributed by atoms with Gasteiger partial charge in [0.15, 0.2) is 5.13 Å². The van der Waals surface area contributed by atoms with Crippen molar-refractivity contribution >= 4 is 45.7 Å². The van der Waals surface area contributed by atoms with Crippen LogP contribution in [0.1, 0.15) is 19.5 Å². The standard InChI is InChI=1S/C10H12ClN3O4S/c1-5(2)18-14-8(9(16)17)6-4-19-10(12-6)13-7(15)3-11/h4-5H,3H2,1-2H3,(H,16,17)(H,12,13,15)/b14-8-. The number of aliphatic carboxylic acids is 1. The van der Waals surface area contributed by atoms with E-state index in [1.807, 2.05) is 0 Å². The lowest BCUT2D eigenvalue weighted by Crippen LogP contribution is -2.17. The Hall–Kier alpha value is -1.67. The summed E-state index contributed by atoms with van der Waals surface area (Å²) in [6.07, 6.45) is -0.247. The zero-order chi connectivity index (χ0) is 14.4. The van der Waals surface area contributed by atoms with E-state index in [-0.39, 0.29) is 28.5 Å². The second kappa shape index (κ2) is 7.05. The number of nitrogens with one attached hydrogen (secondary N) is 1. The molecule has 0 saturated carbocycles. The molecule has 0 bridgehead atoms. The van der Waals surface area contributed by atoms with Crippen molar-refractivity contribution in [2.45, 2.75) is 20.0 Å². The molecule has 9 heteroatoms. The van der Waals surface area contributed by atoms with Gasteiger partial charge in [0.2, 0.25) is 11.6 Å². The number of rotatable bonds is 6. The van der Waals surface area contributed by atoms with Gasteiger partial charge in [-0.1, -0.05) is 5.16 Å². The Kier molecular flexibility index (Phi) is 5.71. The van der Waals surface area contributed by atoms with Crippen LogP contribution in [0.15, 0.2) is 10.5 Å². The van der Waals surface area contributed by atoms with E-state index in [4.69, 9.17) is 21.5 Å². The van der Waals surface area contributed by atoms with E-state index in [0.29, 0.717) is 0 Å². The first-order valence-corrected chi connectivity index (χ1v) is 6.64. The molecule has 0 aromatic carbocycles. The van der Waals surface area contributed by atoms with E-state index in [2.05, 4.69) is 15.5 Å². The van der Waals surface area contributed by atoms with Crippen LogP contribution in [0.2, 0.25) is 0 Å². The van der Waals surface area contributed by atoms with E-state index in [1.165, 1.54) is 5.38 Å². The van der Waals surface area contributed by atoms with Gasteiger partial charge in [-0.3, -0.25) is 4.79 Å². The molecule has 0 aliphatic heterocycles. The van der Waals surface area contributed by atoms with Crippen LogP contribution in [0.5, 0.6) is 0 Å². The smallest absolute Gasteiger partial charge is 0.360 e. The third-order valence-corrected chi connectivity index (χ3v) is 2.67. The third-order valence-electron chi connectivity index (χ3n) is 1.67. The summed E-state index contributed by atoms with van der Waals surface area (Å²) in [6.45, 7) is 3.44. The van der Waals surface area contributed by atoms with E-state index in [0.717, 1.165) is 11.3 Å². The average Bonchev–Trinajstić information content (AvgIpc) is 2.76. The molecule has 0 atom stereocenters. The number of carboxylic acid groups (broad SMARTS) is 1. The Morgan fingerprint density at radius 2 is 2.32 bits per heavy atom. The number of thiazole rings is 1. The number of amides is 1. The number of carbonyl (C=O) groups is 2. The second-order valence-electron chi connectivity index (χ2n) is 3.62. The first-order chi connectivity index (χ1) is 8.93. The summed E-state index contributed by atoms with van der Waals surface area (Å²) in [5.41, 5.74) is -0.209. The second-order valence-corrected chi connectivity index (χ2v) is 4.74. The van der Waals surface area contributed by atoms with E-state index >= 15 is 0 Å². The highest BCUT2D eigenvalue weighted by atomic mass is 35.5. The molecule has 1 aromatic heterocycles. The molecule has 1 heterocycles. The van der Waals surface area contributed by atoms with Gasteiger partial charge >= 0.3 is 5.97 Å². The van der Waals surface area contributed by atoms with Crippen molar-refractivity contribution in [2.24, 2.45) is 5.16 Å². The summed E-state index contributed by atoms with van der Waals surface area (Å²) < 4.78 is 0. The summed E-state index contributed by atoms with van der Waals surface area (Å²) in [7, 11) is 0. The van der Waals surface area contributed by atoms with Gasteiger partial charge in [0.25, 0.3) is 0 Å². The van der Waals surface area contributed by atoms with Gasteiger partial charge in [0.1, 0.15) is 17.7 Å². The van der Waals surface area contributed by atoms with Crippen molar-refractivity contribution in [1.29, 1.82) is 0 Å². The quantitative estimate of drug-likeness (QED) is 0.471. The van der Waals surface area contributed by atoms with Crippen molar-refractivity contribution in [1.82, 2.24) is 4.98 Å². The third kappa shape index (κ3) is 4.84. The molecule has 1 aromatic rings. The zero-order valence-corrected chi connectivity index (χ0v) is 11.8. The molecule has 0 spiro atoms. The highest BCUT2D eigenvalue weighted by molar-refractivity contribution is 7.14. The van der Waals surface area contributed by atoms with Crippen LogP contribution >= 0.6 is 22.9 Å². The topological polar surface area (TPSA) is 101 Å². The van der Waals surface area contributed by atoms with E-state index < -0.39 is 11.9 Å². The summed E-state index contributed by atoms with van der Waals surface area (Å²) in [5.74, 6) is -1.89. The fraction of sp³-hybridized carbons (Fsp3) is 0.400. The molecule has 0 unspecified atom stereocenters. The summed E-state index contributed by atoms with van der Waals surface area (Å²) >= 11 is 6.41. The first kappa shape index (κ1) is 15.4. The molecule has 0 fully saturated rings. The van der Waals surface area contributed by atoms with Gasteiger partial charge in [-0.05, 0) is 13.8 Å². The number of hydrogen-bond donors (Lipinski definition) is 2. The lowest BCUT2D eigenvalue weighted by molar-refractivity contribution is -0.129. The molecule has 19 heavy (non-hydrogen) atoms. The van der Waals surface area contributed by atoms with Gasteiger partial charge in [-0.15, -0.1) is 22.9 Å². The molecule has 0 saturated heterocycles. The van der Waals surface area contributed by atoms with Gasteiger partial charge in [-0.2, -0.15) is 0 Å². The molecule has 0 aliphatic carbocycles. The number of carboxylic acids is 1. The van der Waals surface area contributed by atoms with Crippen LogP contribution < -0.4 is 5.32 Å². The van der Waals surface area contributed by atoms with Crippen LogP contribution in [0.4, 0.5) is 5.13 Å². The molecular formula is C10H12ClN3O4S. The van der Waals surface area contributed by atoms with Crippen LogP contribution in [-0.2, 0) is 14.4 Å². The first-order valence-electron chi connectivity index (χ1n) is 5.22. The highest BCUT2D eigenvalue weighted by Gasteiger charge is 2.18. The maximum absolute atomic E-state index is 11.1. The Labute approximate surface area is 118 Å². The lowest BCUT2D eigenvalue weighted by Gasteiger charge is -2.03. The zero-order valence-electron chi connectivity index (χ0n) is 10.2. The van der Waals surface area contributed by atoms with Crippen molar-refractivity contribution < 1.29 is 19.5 Å². The van der Waals surface area contributed by atoms with Crippen molar-refractivity contribution in [3.05, 3.63) is 11.1 Å². The monoisotopic (exact) mass is 305 g/mol.